The summed E-state index contributed by atoms with van der Waals surface area (Å²) in [6, 6.07) is 10.2. The largest absolute Gasteiger partial charge is 0.444 e. The summed E-state index contributed by atoms with van der Waals surface area (Å²) in [5.74, 6) is 2.61. The normalized spacial score (nSPS) is 11.5. The van der Waals surface area contributed by atoms with Gasteiger partial charge in [-0.15, -0.1) is 24.0 Å². The molecule has 174 valence electrons. The molecule has 32 heavy (non-hydrogen) atoms. The molecule has 0 fully saturated rings. The number of nitrogens with one attached hydrogen (secondary N) is 2. The maximum Gasteiger partial charge on any atom is 0.226 e. The van der Waals surface area contributed by atoms with Crippen LogP contribution in [0.15, 0.2) is 50.5 Å². The lowest BCUT2D eigenvalue weighted by atomic mass is 9.99. The van der Waals surface area contributed by atoms with Crippen molar-refractivity contribution >= 4 is 29.9 Å². The first kappa shape index (κ1) is 25.9. The van der Waals surface area contributed by atoms with Crippen molar-refractivity contribution in [1.29, 1.82) is 0 Å². The van der Waals surface area contributed by atoms with Gasteiger partial charge in [-0.25, -0.2) is 9.98 Å². The van der Waals surface area contributed by atoms with Gasteiger partial charge in [0.05, 0.1) is 11.4 Å². The first-order valence-corrected chi connectivity index (χ1v) is 11.1. The van der Waals surface area contributed by atoms with Gasteiger partial charge in [-0.05, 0) is 38.8 Å². The highest BCUT2D eigenvalue weighted by molar-refractivity contribution is 14.0. The molecular weight excluding hydrogens is 517 g/mol. The molecule has 0 amide bonds. The number of aliphatic imine (C=N–C) groups is 1. The SMILES string of the molecule is CCNC(=NCc1cc(C(CC)CC)no1)NCCc1coc(-c2ccc(C)cc2)n1.I. The summed E-state index contributed by atoms with van der Waals surface area (Å²) in [4.78, 5) is 9.21. The Morgan fingerprint density at radius 2 is 1.84 bits per heavy atom. The van der Waals surface area contributed by atoms with E-state index in [4.69, 9.17) is 8.94 Å². The summed E-state index contributed by atoms with van der Waals surface area (Å²) in [5, 5.41) is 10.8. The Morgan fingerprint density at radius 3 is 2.53 bits per heavy atom. The number of benzene rings is 1. The maximum absolute atomic E-state index is 5.64. The molecule has 1 aromatic carbocycles. The van der Waals surface area contributed by atoms with Crippen LogP contribution in [0.2, 0.25) is 0 Å². The Balaban J connectivity index is 0.00000363. The number of guanidine groups is 1. The third kappa shape index (κ3) is 7.36. The molecule has 0 aliphatic rings. The summed E-state index contributed by atoms with van der Waals surface area (Å²) >= 11 is 0. The van der Waals surface area contributed by atoms with Gasteiger partial charge in [-0.2, -0.15) is 0 Å². The van der Waals surface area contributed by atoms with Crippen molar-refractivity contribution in [3.8, 4) is 11.5 Å². The third-order valence-electron chi connectivity index (χ3n) is 5.24. The zero-order valence-corrected chi connectivity index (χ0v) is 21.7. The maximum atomic E-state index is 5.64. The highest BCUT2D eigenvalue weighted by atomic mass is 127. The number of oxazole rings is 1. The quantitative estimate of drug-likeness (QED) is 0.198. The van der Waals surface area contributed by atoms with E-state index >= 15 is 0 Å². The van der Waals surface area contributed by atoms with E-state index < -0.39 is 0 Å². The van der Waals surface area contributed by atoms with Gasteiger partial charge >= 0.3 is 0 Å². The minimum Gasteiger partial charge on any atom is -0.444 e. The second-order valence-corrected chi connectivity index (χ2v) is 7.61. The summed E-state index contributed by atoms with van der Waals surface area (Å²) in [5.41, 5.74) is 4.12. The lowest BCUT2D eigenvalue weighted by Gasteiger charge is -2.10. The van der Waals surface area contributed by atoms with Crippen LogP contribution in [0, 0.1) is 6.92 Å². The van der Waals surface area contributed by atoms with E-state index in [-0.39, 0.29) is 24.0 Å². The molecule has 0 aliphatic heterocycles. The van der Waals surface area contributed by atoms with Crippen molar-refractivity contribution in [2.24, 2.45) is 4.99 Å². The van der Waals surface area contributed by atoms with Gasteiger partial charge in [0, 0.05) is 37.1 Å². The second-order valence-electron chi connectivity index (χ2n) is 7.61. The van der Waals surface area contributed by atoms with E-state index in [1.54, 1.807) is 6.26 Å². The lowest BCUT2D eigenvalue weighted by Crippen LogP contribution is -2.38. The number of aromatic nitrogens is 2. The van der Waals surface area contributed by atoms with Crippen molar-refractivity contribution in [2.75, 3.05) is 13.1 Å². The Hall–Kier alpha value is -2.36. The molecule has 7 nitrogen and oxygen atoms in total. The molecule has 0 spiro atoms. The van der Waals surface area contributed by atoms with Crippen LogP contribution in [0.3, 0.4) is 0 Å². The molecule has 0 bridgehead atoms. The van der Waals surface area contributed by atoms with Crippen LogP contribution in [0.1, 0.15) is 62.2 Å². The standard InChI is InChI=1S/C24H33N5O2.HI/c1-5-18(6-2)22-14-21(31-29-22)15-27-24(25-7-3)26-13-12-20-16-30-23(28-20)19-10-8-17(4)9-11-19;/h8-11,14,16,18H,5-7,12-13,15H2,1-4H3,(H2,25,26,27);1H. The number of nitrogens with zero attached hydrogens (tertiary/aromatic N) is 3. The Labute approximate surface area is 207 Å². The Bertz CT molecular complexity index is 961. The van der Waals surface area contributed by atoms with Gasteiger partial charge in [0.1, 0.15) is 12.8 Å². The van der Waals surface area contributed by atoms with Gasteiger partial charge < -0.3 is 19.6 Å². The smallest absolute Gasteiger partial charge is 0.226 e. The highest BCUT2D eigenvalue weighted by Crippen LogP contribution is 2.22. The molecule has 8 heteroatoms. The van der Waals surface area contributed by atoms with E-state index in [1.165, 1.54) is 5.56 Å². The van der Waals surface area contributed by atoms with Gasteiger partial charge in [-0.3, -0.25) is 0 Å². The Kier molecular flexibility index (Phi) is 10.7. The molecule has 3 aromatic rings. The number of rotatable bonds is 10. The molecule has 0 radical (unpaired) electrons. The highest BCUT2D eigenvalue weighted by Gasteiger charge is 2.13. The fourth-order valence-electron chi connectivity index (χ4n) is 3.36. The van der Waals surface area contributed by atoms with E-state index in [0.29, 0.717) is 24.9 Å². The fraction of sp³-hybridized carbons (Fsp3) is 0.458. The molecule has 2 aromatic heterocycles. The monoisotopic (exact) mass is 551 g/mol. The summed E-state index contributed by atoms with van der Waals surface area (Å²) in [7, 11) is 0. The number of aryl methyl sites for hydroxylation is 1. The Morgan fingerprint density at radius 1 is 1.09 bits per heavy atom. The summed E-state index contributed by atoms with van der Waals surface area (Å²) < 4.78 is 11.1. The molecule has 0 saturated heterocycles. The van der Waals surface area contributed by atoms with Crippen molar-refractivity contribution in [3.05, 3.63) is 59.3 Å². The van der Waals surface area contributed by atoms with Gasteiger partial charge in [0.15, 0.2) is 11.7 Å². The number of halogens is 1. The van der Waals surface area contributed by atoms with Crippen LogP contribution < -0.4 is 10.6 Å². The summed E-state index contributed by atoms with van der Waals surface area (Å²) in [6.45, 7) is 10.4. The number of hydrogen-bond donors (Lipinski definition) is 2. The van der Waals surface area contributed by atoms with Crippen LogP contribution in [-0.4, -0.2) is 29.2 Å². The zero-order valence-electron chi connectivity index (χ0n) is 19.4. The average molecular weight is 551 g/mol. The molecule has 2 heterocycles. The fourth-order valence-corrected chi connectivity index (χ4v) is 3.36. The second kappa shape index (κ2) is 13.2. The predicted octanol–water partition coefficient (Wildman–Crippen LogP) is 5.46. The van der Waals surface area contributed by atoms with E-state index in [2.05, 4.69) is 58.7 Å². The molecule has 0 saturated carbocycles. The van der Waals surface area contributed by atoms with E-state index in [0.717, 1.165) is 54.5 Å². The van der Waals surface area contributed by atoms with Crippen LogP contribution in [-0.2, 0) is 13.0 Å². The van der Waals surface area contributed by atoms with Gasteiger partial charge in [-0.1, -0.05) is 36.7 Å². The molecule has 0 unspecified atom stereocenters. The molecule has 3 rings (SSSR count). The minimum atomic E-state index is 0. The lowest BCUT2D eigenvalue weighted by molar-refractivity contribution is 0.372. The summed E-state index contributed by atoms with van der Waals surface area (Å²) in [6.07, 6.45) is 4.57. The van der Waals surface area contributed by atoms with Crippen molar-refractivity contribution < 1.29 is 8.94 Å². The average Bonchev–Trinajstić information content (AvgIpc) is 3.44. The number of hydrogen-bond acceptors (Lipinski definition) is 5. The van der Waals surface area contributed by atoms with Crippen LogP contribution in [0.4, 0.5) is 0 Å². The van der Waals surface area contributed by atoms with Crippen molar-refractivity contribution in [2.45, 2.75) is 59.4 Å². The van der Waals surface area contributed by atoms with E-state index in [9.17, 15) is 0 Å². The molecule has 0 atom stereocenters. The van der Waals surface area contributed by atoms with E-state index in [1.807, 2.05) is 25.1 Å². The first-order valence-electron chi connectivity index (χ1n) is 11.1. The van der Waals surface area contributed by atoms with Crippen molar-refractivity contribution in [1.82, 2.24) is 20.8 Å². The first-order chi connectivity index (χ1) is 15.1. The molecular formula is C24H34IN5O2. The topological polar surface area (TPSA) is 88.5 Å². The van der Waals surface area contributed by atoms with Crippen LogP contribution in [0.25, 0.3) is 11.5 Å². The molecule has 2 N–H and O–H groups in total. The zero-order chi connectivity index (χ0) is 22.1. The van der Waals surface area contributed by atoms with Gasteiger partial charge in [0.25, 0.3) is 0 Å². The van der Waals surface area contributed by atoms with Crippen LogP contribution in [0.5, 0.6) is 0 Å². The molecule has 0 aliphatic carbocycles. The van der Waals surface area contributed by atoms with Crippen molar-refractivity contribution in [3.63, 3.8) is 0 Å². The predicted molar refractivity (Wildman–Crippen MR) is 138 cm³/mol. The van der Waals surface area contributed by atoms with Gasteiger partial charge in [0.2, 0.25) is 5.89 Å². The minimum absolute atomic E-state index is 0. The third-order valence-corrected chi connectivity index (χ3v) is 5.24. The van der Waals surface area contributed by atoms with Crippen LogP contribution >= 0.6 is 24.0 Å².